The zero-order valence-electron chi connectivity index (χ0n) is 20.8. The third kappa shape index (κ3) is 7.41. The van der Waals surface area contributed by atoms with Gasteiger partial charge in [-0.2, -0.15) is 8.42 Å². The molecule has 8 heteroatoms. The maximum absolute atomic E-state index is 13.1. The topological polar surface area (TPSA) is 107 Å². The van der Waals surface area contributed by atoms with Crippen LogP contribution in [0.3, 0.4) is 0 Å². The smallest absolute Gasteiger partial charge is 0.310 e. The van der Waals surface area contributed by atoms with Crippen LogP contribution in [0.15, 0.2) is 0 Å². The van der Waals surface area contributed by atoms with Crippen LogP contribution in [0.25, 0.3) is 0 Å². The van der Waals surface area contributed by atoms with Gasteiger partial charge >= 0.3 is 11.9 Å². The lowest BCUT2D eigenvalue weighted by atomic mass is 9.79. The molecule has 0 aromatic carbocycles. The van der Waals surface area contributed by atoms with Crippen LogP contribution in [0.5, 0.6) is 0 Å². The molecule has 1 N–H and O–H groups in total. The summed E-state index contributed by atoms with van der Waals surface area (Å²) in [5.41, 5.74) is 0. The van der Waals surface area contributed by atoms with Gasteiger partial charge in [0.1, 0.15) is 0 Å². The van der Waals surface area contributed by atoms with Crippen LogP contribution in [0, 0.1) is 35.5 Å². The Morgan fingerprint density at radius 2 is 1.33 bits per heavy atom. The number of carbonyl (C=O) groups excluding carboxylic acids is 2. The third-order valence-electron chi connectivity index (χ3n) is 7.88. The van der Waals surface area contributed by atoms with E-state index in [1.807, 2.05) is 0 Å². The van der Waals surface area contributed by atoms with Gasteiger partial charge in [-0.25, -0.2) is 0 Å². The average molecular weight is 489 g/mol. The number of esters is 2. The van der Waals surface area contributed by atoms with Crippen LogP contribution in [-0.4, -0.2) is 43.4 Å². The van der Waals surface area contributed by atoms with E-state index in [0.29, 0.717) is 13.0 Å². The molecule has 7 atom stereocenters. The first kappa shape index (κ1) is 28.1. The van der Waals surface area contributed by atoms with E-state index < -0.39 is 45.1 Å². The van der Waals surface area contributed by atoms with Crippen molar-refractivity contribution in [1.29, 1.82) is 0 Å². The maximum atomic E-state index is 13.1. The van der Waals surface area contributed by atoms with Gasteiger partial charge in [-0.05, 0) is 49.4 Å². The quantitative estimate of drug-likeness (QED) is 0.254. The van der Waals surface area contributed by atoms with Gasteiger partial charge in [-0.1, -0.05) is 66.2 Å². The minimum absolute atomic E-state index is 0.189. The number of hydrogen-bond donors (Lipinski definition) is 1. The van der Waals surface area contributed by atoms with Crippen LogP contribution in [-0.2, 0) is 29.2 Å². The first-order valence-electron chi connectivity index (χ1n) is 13.0. The van der Waals surface area contributed by atoms with E-state index in [1.165, 1.54) is 0 Å². The van der Waals surface area contributed by atoms with Gasteiger partial charge in [0.15, 0.2) is 0 Å². The average Bonchev–Trinajstić information content (AvgIpc) is 3.38. The molecule has 2 rings (SSSR count). The molecule has 2 aliphatic rings. The molecule has 7 unspecified atom stereocenters. The molecular weight excluding hydrogens is 444 g/mol. The molecule has 2 aliphatic carbocycles. The summed E-state index contributed by atoms with van der Waals surface area (Å²) in [5.74, 6) is -2.87. The molecule has 0 saturated heterocycles. The minimum atomic E-state index is -4.30. The number of fused-ring (bicyclic) bond motifs is 2. The Labute approximate surface area is 200 Å². The molecule has 0 aromatic heterocycles. The van der Waals surface area contributed by atoms with Crippen molar-refractivity contribution in [3.8, 4) is 0 Å². The van der Waals surface area contributed by atoms with Crippen molar-refractivity contribution in [1.82, 2.24) is 0 Å². The van der Waals surface area contributed by atoms with Crippen LogP contribution < -0.4 is 0 Å². The Morgan fingerprint density at radius 1 is 0.848 bits per heavy atom. The summed E-state index contributed by atoms with van der Waals surface area (Å²) in [6, 6.07) is 0. The van der Waals surface area contributed by atoms with Crippen LogP contribution in [0.2, 0.25) is 0 Å². The summed E-state index contributed by atoms with van der Waals surface area (Å²) < 4.78 is 44.9. The second kappa shape index (κ2) is 13.1. The highest BCUT2D eigenvalue weighted by Crippen LogP contribution is 2.55. The third-order valence-corrected chi connectivity index (χ3v) is 9.19. The van der Waals surface area contributed by atoms with Crippen molar-refractivity contribution >= 4 is 22.1 Å². The Hall–Kier alpha value is -1.15. The second-order valence-electron chi connectivity index (χ2n) is 10.1. The fourth-order valence-electron chi connectivity index (χ4n) is 5.69. The van der Waals surface area contributed by atoms with Crippen molar-refractivity contribution in [3.05, 3.63) is 0 Å². The zero-order valence-corrected chi connectivity index (χ0v) is 21.6. The molecular formula is C25H44O7S. The van der Waals surface area contributed by atoms with E-state index in [9.17, 15) is 22.6 Å². The van der Waals surface area contributed by atoms with Crippen molar-refractivity contribution in [2.45, 2.75) is 97.2 Å². The summed E-state index contributed by atoms with van der Waals surface area (Å²) in [5, 5.41) is -1.01. The van der Waals surface area contributed by atoms with Crippen molar-refractivity contribution in [3.63, 3.8) is 0 Å². The van der Waals surface area contributed by atoms with Crippen molar-refractivity contribution in [2.24, 2.45) is 35.5 Å². The molecule has 33 heavy (non-hydrogen) atoms. The number of carbonyl (C=O) groups is 2. The zero-order chi connectivity index (χ0) is 24.6. The Balaban J connectivity index is 2.10. The molecule has 0 aromatic rings. The van der Waals surface area contributed by atoms with E-state index >= 15 is 0 Å². The Morgan fingerprint density at radius 3 is 1.76 bits per heavy atom. The number of ether oxygens (including phenoxy) is 2. The predicted molar refractivity (Wildman–Crippen MR) is 127 cm³/mol. The standard InChI is InChI=1S/C25H44O7S/c1-5-9-11-17(7-3)15-31-24(26)22-19-13-20(21(14-19)33(28,29)30)23(22)25(27)32-16-18(8-4)12-10-6-2/h17-23H,5-16H2,1-4H3,(H,28,29,30). The normalized spacial score (nSPS) is 28.5. The molecule has 0 amide bonds. The van der Waals surface area contributed by atoms with Crippen LogP contribution >= 0.6 is 0 Å². The molecule has 2 saturated carbocycles. The molecule has 0 spiro atoms. The molecule has 0 aliphatic heterocycles. The summed E-state index contributed by atoms with van der Waals surface area (Å²) in [6.45, 7) is 8.97. The lowest BCUT2D eigenvalue weighted by molar-refractivity contribution is -0.165. The Kier molecular flexibility index (Phi) is 11.1. The molecule has 2 fully saturated rings. The molecule has 2 bridgehead atoms. The summed E-state index contributed by atoms with van der Waals surface area (Å²) in [7, 11) is -4.30. The Bertz CT molecular complexity index is 735. The monoisotopic (exact) mass is 488 g/mol. The molecule has 7 nitrogen and oxygen atoms in total. The van der Waals surface area contributed by atoms with Crippen molar-refractivity contribution < 1.29 is 32.0 Å². The first-order valence-corrected chi connectivity index (χ1v) is 14.5. The van der Waals surface area contributed by atoms with E-state index in [-0.39, 0.29) is 30.8 Å². The van der Waals surface area contributed by atoms with Gasteiger partial charge in [-0.15, -0.1) is 0 Å². The van der Waals surface area contributed by atoms with E-state index in [2.05, 4.69) is 27.7 Å². The maximum Gasteiger partial charge on any atom is 0.310 e. The number of rotatable bonds is 15. The molecule has 192 valence electrons. The van der Waals surface area contributed by atoms with E-state index in [4.69, 9.17) is 9.47 Å². The lowest BCUT2D eigenvalue weighted by Crippen LogP contribution is -2.44. The largest absolute Gasteiger partial charge is 0.465 e. The van der Waals surface area contributed by atoms with Gasteiger partial charge in [0.05, 0.1) is 30.3 Å². The highest BCUT2D eigenvalue weighted by Gasteiger charge is 2.62. The highest BCUT2D eigenvalue weighted by molar-refractivity contribution is 7.86. The number of unbranched alkanes of at least 4 members (excludes halogenated alkanes) is 2. The SMILES string of the molecule is CCCCC(CC)COC(=O)C1C2CC(C1C(=O)OCC(CC)CCCC)C(S(=O)(=O)O)C2. The van der Waals surface area contributed by atoms with Crippen molar-refractivity contribution in [2.75, 3.05) is 13.2 Å². The lowest BCUT2D eigenvalue weighted by Gasteiger charge is -2.32. The number of hydrogen-bond acceptors (Lipinski definition) is 6. The van der Waals surface area contributed by atoms with Gasteiger partial charge in [0.2, 0.25) is 0 Å². The van der Waals surface area contributed by atoms with Gasteiger partial charge in [-0.3, -0.25) is 14.1 Å². The van der Waals surface area contributed by atoms with Gasteiger partial charge in [0, 0.05) is 0 Å². The summed E-state index contributed by atoms with van der Waals surface area (Å²) >= 11 is 0. The fourth-order valence-corrected chi connectivity index (χ4v) is 6.91. The first-order chi connectivity index (χ1) is 15.7. The second-order valence-corrected chi connectivity index (χ2v) is 11.7. The highest BCUT2D eigenvalue weighted by atomic mass is 32.2. The molecule has 0 heterocycles. The van der Waals surface area contributed by atoms with Gasteiger partial charge < -0.3 is 9.47 Å². The van der Waals surface area contributed by atoms with Gasteiger partial charge in [0.25, 0.3) is 10.1 Å². The summed E-state index contributed by atoms with van der Waals surface area (Å²) in [6.07, 6.45) is 8.65. The van der Waals surface area contributed by atoms with Crippen LogP contribution in [0.1, 0.15) is 91.9 Å². The van der Waals surface area contributed by atoms with E-state index in [0.717, 1.165) is 51.4 Å². The van der Waals surface area contributed by atoms with Crippen LogP contribution in [0.4, 0.5) is 0 Å². The fraction of sp³-hybridized carbons (Fsp3) is 0.920. The van der Waals surface area contributed by atoms with E-state index in [1.54, 1.807) is 0 Å². The predicted octanol–water partition coefficient (Wildman–Crippen LogP) is 5.03. The summed E-state index contributed by atoms with van der Waals surface area (Å²) in [4.78, 5) is 26.2. The minimum Gasteiger partial charge on any atom is -0.465 e. The molecule has 0 radical (unpaired) electrons.